The average molecular weight is 699 g/mol. The van der Waals surface area contributed by atoms with E-state index in [9.17, 15) is 24.0 Å². The van der Waals surface area contributed by atoms with Gasteiger partial charge < -0.3 is 14.8 Å². The first kappa shape index (κ1) is 31.9. The second-order valence-electron chi connectivity index (χ2n) is 10.4. The number of thiazole rings is 1. The number of aromatic nitrogens is 1. The Kier molecular flexibility index (Phi) is 8.97. The highest BCUT2D eigenvalue weighted by Crippen LogP contribution is 2.55. The summed E-state index contributed by atoms with van der Waals surface area (Å²) in [6, 6.07) is 17.8. The summed E-state index contributed by atoms with van der Waals surface area (Å²) in [4.78, 5) is 68.2. The van der Waals surface area contributed by atoms with Crippen molar-refractivity contribution in [3.05, 3.63) is 102 Å². The lowest BCUT2D eigenvalue weighted by atomic mass is 9.82. The van der Waals surface area contributed by atoms with E-state index in [1.807, 2.05) is 0 Å². The number of thioether (sulfide) groups is 1. The van der Waals surface area contributed by atoms with Gasteiger partial charge in [0.15, 0.2) is 0 Å². The number of nitrogens with one attached hydrogen (secondary N) is 1. The Labute approximate surface area is 281 Å². The van der Waals surface area contributed by atoms with Crippen molar-refractivity contribution in [2.24, 2.45) is 5.92 Å². The van der Waals surface area contributed by atoms with E-state index < -0.39 is 45.6 Å². The van der Waals surface area contributed by atoms with Crippen LogP contribution in [0, 0.1) is 5.92 Å². The predicted molar refractivity (Wildman–Crippen MR) is 177 cm³/mol. The first-order valence-corrected chi connectivity index (χ1v) is 16.5. The van der Waals surface area contributed by atoms with E-state index in [0.717, 1.165) is 28.0 Å². The molecule has 14 heteroatoms. The van der Waals surface area contributed by atoms with E-state index >= 15 is 0 Å². The van der Waals surface area contributed by atoms with Crippen molar-refractivity contribution in [2.75, 3.05) is 23.9 Å². The molecule has 2 aliphatic heterocycles. The molecule has 2 unspecified atom stereocenters. The summed E-state index contributed by atoms with van der Waals surface area (Å²) in [7, 11) is 1.51. The molecule has 0 bridgehead atoms. The van der Waals surface area contributed by atoms with Gasteiger partial charge >= 0.3 is 10.8 Å². The molecule has 0 spiro atoms. The molecule has 0 aliphatic carbocycles. The van der Waals surface area contributed by atoms with Gasteiger partial charge in [-0.15, -0.1) is 0 Å². The number of imide groups is 1. The number of esters is 1. The molecule has 4 aromatic rings. The molecular formula is C32H25Cl2N3O7S2. The highest BCUT2D eigenvalue weighted by Gasteiger charge is 2.57. The van der Waals surface area contributed by atoms with Crippen molar-refractivity contribution in [3.8, 4) is 5.75 Å². The first-order chi connectivity index (χ1) is 22.1. The summed E-state index contributed by atoms with van der Waals surface area (Å²) >= 11 is 14.1. The molecule has 0 radical (unpaired) electrons. The SMILES string of the molecule is CCOC(=O)c1ccc(N2C(=O)C3Sc4c(sc(=O)n4CC(=O)Nc4ccc(Cl)c(Cl)c4)[C@H](c4ccccc4OC)C3C2=O)cc1. The Bertz CT molecular complexity index is 1940. The fraction of sp³-hybridized carbons (Fsp3) is 0.219. The topological polar surface area (TPSA) is 124 Å². The quantitative estimate of drug-likeness (QED) is 0.180. The Hall–Kier alpha value is -4.10. The van der Waals surface area contributed by atoms with Crippen LogP contribution in [0.2, 0.25) is 10.0 Å². The van der Waals surface area contributed by atoms with E-state index in [-0.39, 0.29) is 23.7 Å². The van der Waals surface area contributed by atoms with E-state index in [2.05, 4.69) is 5.32 Å². The molecule has 1 fully saturated rings. The molecule has 6 rings (SSSR count). The van der Waals surface area contributed by atoms with Crippen LogP contribution >= 0.6 is 46.3 Å². The lowest BCUT2D eigenvalue weighted by Gasteiger charge is -2.31. The molecule has 0 saturated carbocycles. The number of para-hydroxylation sites is 1. The number of benzene rings is 3. The minimum Gasteiger partial charge on any atom is -0.496 e. The molecule has 46 heavy (non-hydrogen) atoms. The number of fused-ring (bicyclic) bond motifs is 2. The van der Waals surface area contributed by atoms with Crippen molar-refractivity contribution in [1.29, 1.82) is 0 Å². The smallest absolute Gasteiger partial charge is 0.338 e. The number of nitrogens with zero attached hydrogens (tertiary/aromatic N) is 2. The standard InChI is InChI=1S/C32H25Cl2N3O7S2/c1-3-44-31(41)16-8-11-18(12-9-16)37-28(39)25-24(19-6-4-5-7-22(19)43-2)27-30(45-26(25)29(37)40)36(32(42)46-27)15-23(38)35-17-10-13-20(33)21(34)14-17/h4-14,24-26H,3,15H2,1-2H3,(H,35,38)/t24-,25?,26?/m1/s1. The van der Waals surface area contributed by atoms with E-state index in [0.29, 0.717) is 37.6 Å². The zero-order valence-corrected chi connectivity index (χ0v) is 27.5. The molecule has 3 aromatic carbocycles. The number of hydrogen-bond acceptors (Lipinski definition) is 9. The first-order valence-electron chi connectivity index (χ1n) is 14.1. The number of ether oxygens (including phenoxy) is 2. The number of anilines is 2. The Morgan fingerprint density at radius 2 is 1.70 bits per heavy atom. The summed E-state index contributed by atoms with van der Waals surface area (Å²) in [5.41, 5.74) is 1.63. The third-order valence-electron chi connectivity index (χ3n) is 7.66. The molecule has 1 saturated heterocycles. The van der Waals surface area contributed by atoms with Gasteiger partial charge in [0.2, 0.25) is 17.7 Å². The molecule has 10 nitrogen and oxygen atoms in total. The van der Waals surface area contributed by atoms with Crippen LogP contribution in [0.4, 0.5) is 11.4 Å². The maximum absolute atomic E-state index is 14.2. The van der Waals surface area contributed by atoms with Crippen LogP contribution < -0.4 is 19.8 Å². The average Bonchev–Trinajstić information content (AvgIpc) is 3.49. The number of hydrogen-bond donors (Lipinski definition) is 1. The molecule has 3 amide bonds. The fourth-order valence-corrected chi connectivity index (χ4v) is 8.71. The molecule has 3 heterocycles. The molecular weight excluding hydrogens is 673 g/mol. The number of methoxy groups -OCH3 is 1. The minimum absolute atomic E-state index is 0.209. The zero-order chi connectivity index (χ0) is 32.7. The lowest BCUT2D eigenvalue weighted by molar-refractivity contribution is -0.122. The lowest BCUT2D eigenvalue weighted by Crippen LogP contribution is -2.33. The number of carbonyl (C=O) groups is 4. The van der Waals surface area contributed by atoms with Crippen LogP contribution in [-0.4, -0.2) is 47.2 Å². The second kappa shape index (κ2) is 13.0. The summed E-state index contributed by atoms with van der Waals surface area (Å²) in [5, 5.41) is 2.84. The second-order valence-corrected chi connectivity index (χ2v) is 13.3. The largest absolute Gasteiger partial charge is 0.496 e. The van der Waals surface area contributed by atoms with Crippen LogP contribution in [-0.2, 0) is 25.7 Å². The maximum Gasteiger partial charge on any atom is 0.338 e. The summed E-state index contributed by atoms with van der Waals surface area (Å²) in [6.45, 7) is 1.57. The van der Waals surface area contributed by atoms with Crippen LogP contribution in [0.1, 0.15) is 33.6 Å². The van der Waals surface area contributed by atoms with Crippen molar-refractivity contribution in [1.82, 2.24) is 4.57 Å². The number of rotatable bonds is 8. The van der Waals surface area contributed by atoms with Crippen molar-refractivity contribution >= 4 is 81.4 Å². The zero-order valence-electron chi connectivity index (χ0n) is 24.3. The Morgan fingerprint density at radius 1 is 0.957 bits per heavy atom. The van der Waals surface area contributed by atoms with Gasteiger partial charge in [0.05, 0.1) is 46.0 Å². The van der Waals surface area contributed by atoms with Gasteiger partial charge in [0.25, 0.3) is 0 Å². The summed E-state index contributed by atoms with van der Waals surface area (Å²) < 4.78 is 12.0. The van der Waals surface area contributed by atoms with Crippen LogP contribution in [0.25, 0.3) is 0 Å². The third kappa shape index (κ3) is 5.70. The minimum atomic E-state index is -0.905. The molecule has 3 atom stereocenters. The van der Waals surface area contributed by atoms with Gasteiger partial charge in [-0.25, -0.2) is 9.69 Å². The monoisotopic (exact) mass is 697 g/mol. The van der Waals surface area contributed by atoms with Crippen LogP contribution in [0.15, 0.2) is 76.6 Å². The predicted octanol–water partition coefficient (Wildman–Crippen LogP) is 5.84. The number of carbonyl (C=O) groups excluding carboxylic acids is 4. The highest BCUT2D eigenvalue weighted by atomic mass is 35.5. The third-order valence-corrected chi connectivity index (χ3v) is 11.0. The summed E-state index contributed by atoms with van der Waals surface area (Å²) in [6.07, 6.45) is 0. The molecule has 1 N–H and O–H groups in total. The highest BCUT2D eigenvalue weighted by molar-refractivity contribution is 8.00. The maximum atomic E-state index is 14.2. The van der Waals surface area contributed by atoms with Crippen molar-refractivity contribution in [2.45, 2.75) is 29.7 Å². The van der Waals surface area contributed by atoms with Crippen molar-refractivity contribution in [3.63, 3.8) is 0 Å². The molecule has 236 valence electrons. The Morgan fingerprint density at radius 3 is 2.39 bits per heavy atom. The summed E-state index contributed by atoms with van der Waals surface area (Å²) in [5.74, 6) is -3.02. The van der Waals surface area contributed by atoms with Gasteiger partial charge in [-0.2, -0.15) is 0 Å². The van der Waals surface area contributed by atoms with Crippen LogP contribution in [0.5, 0.6) is 5.75 Å². The van der Waals surface area contributed by atoms with E-state index in [1.165, 1.54) is 42.0 Å². The number of halogens is 2. The molecule has 1 aromatic heterocycles. The van der Waals surface area contributed by atoms with Gasteiger partial charge in [-0.1, -0.05) is 64.5 Å². The fourth-order valence-electron chi connectivity index (χ4n) is 5.65. The van der Waals surface area contributed by atoms with Gasteiger partial charge in [-0.05, 0) is 55.5 Å². The van der Waals surface area contributed by atoms with Gasteiger partial charge in [-0.3, -0.25) is 23.7 Å². The van der Waals surface area contributed by atoms with E-state index in [4.69, 9.17) is 32.7 Å². The Balaban J connectivity index is 1.39. The van der Waals surface area contributed by atoms with Crippen molar-refractivity contribution < 1.29 is 28.7 Å². The van der Waals surface area contributed by atoms with Gasteiger partial charge in [0.1, 0.15) is 17.5 Å². The molecule has 2 aliphatic rings. The van der Waals surface area contributed by atoms with Gasteiger partial charge in [0, 0.05) is 22.0 Å². The number of amides is 3. The van der Waals surface area contributed by atoms with E-state index in [1.54, 1.807) is 43.3 Å². The van der Waals surface area contributed by atoms with Crippen LogP contribution in [0.3, 0.4) is 0 Å². The normalized spacial score (nSPS) is 18.6.